The van der Waals surface area contributed by atoms with Crippen molar-refractivity contribution in [2.75, 3.05) is 33.2 Å². The second-order valence-corrected chi connectivity index (χ2v) is 6.12. The van der Waals surface area contributed by atoms with E-state index in [0.29, 0.717) is 6.04 Å². The summed E-state index contributed by atoms with van der Waals surface area (Å²) < 4.78 is 0. The quantitative estimate of drug-likeness (QED) is 0.916. The third kappa shape index (κ3) is 3.81. The van der Waals surface area contributed by atoms with E-state index in [1.807, 2.05) is 0 Å². The summed E-state index contributed by atoms with van der Waals surface area (Å²) in [4.78, 5) is 5.01. The second-order valence-electron chi connectivity index (χ2n) is 6.12. The van der Waals surface area contributed by atoms with Gasteiger partial charge in [-0.1, -0.05) is 36.8 Å². The standard InChI is InChI=1S/C17H29N3/c1-4-16(18)17(15-8-5-7-14(2)13-15)20-10-6-9-19(3)11-12-20/h5,7-8,13,16-17H,4,6,9-12,18H2,1-3H3. The molecule has 112 valence electrons. The molecule has 20 heavy (non-hydrogen) atoms. The van der Waals surface area contributed by atoms with Crippen LogP contribution in [0, 0.1) is 6.92 Å². The van der Waals surface area contributed by atoms with Crippen molar-refractivity contribution in [1.29, 1.82) is 0 Å². The summed E-state index contributed by atoms with van der Waals surface area (Å²) in [6.07, 6.45) is 2.25. The first-order valence-corrected chi connectivity index (χ1v) is 7.86. The minimum atomic E-state index is 0.209. The first-order chi connectivity index (χ1) is 9.61. The molecule has 1 aliphatic rings. The number of likely N-dealkylation sites (N-methyl/N-ethyl adjacent to an activating group) is 1. The number of benzene rings is 1. The Bertz CT molecular complexity index is 418. The minimum Gasteiger partial charge on any atom is -0.326 e. The lowest BCUT2D eigenvalue weighted by atomic mass is 9.95. The SMILES string of the molecule is CCC(N)C(c1cccc(C)c1)N1CCCN(C)CC1. The highest BCUT2D eigenvalue weighted by Gasteiger charge is 2.26. The predicted octanol–water partition coefficient (Wildman–Crippen LogP) is 2.41. The van der Waals surface area contributed by atoms with Crippen molar-refractivity contribution in [2.45, 2.75) is 38.8 Å². The molecule has 3 nitrogen and oxygen atoms in total. The van der Waals surface area contributed by atoms with E-state index in [1.54, 1.807) is 0 Å². The van der Waals surface area contributed by atoms with Crippen LogP contribution in [-0.4, -0.2) is 49.1 Å². The fourth-order valence-corrected chi connectivity index (χ4v) is 3.15. The Labute approximate surface area is 123 Å². The van der Waals surface area contributed by atoms with E-state index in [4.69, 9.17) is 5.73 Å². The normalized spacial score (nSPS) is 21.4. The lowest BCUT2D eigenvalue weighted by molar-refractivity contribution is 0.175. The molecule has 0 amide bonds. The molecule has 1 aromatic carbocycles. The topological polar surface area (TPSA) is 32.5 Å². The zero-order valence-electron chi connectivity index (χ0n) is 13.2. The van der Waals surface area contributed by atoms with Crippen molar-refractivity contribution in [3.05, 3.63) is 35.4 Å². The summed E-state index contributed by atoms with van der Waals surface area (Å²) in [5, 5.41) is 0. The average Bonchev–Trinajstić information content (AvgIpc) is 2.64. The van der Waals surface area contributed by atoms with E-state index in [2.05, 4.69) is 55.0 Å². The van der Waals surface area contributed by atoms with Gasteiger partial charge in [0.1, 0.15) is 0 Å². The van der Waals surface area contributed by atoms with Gasteiger partial charge in [-0.2, -0.15) is 0 Å². The van der Waals surface area contributed by atoms with Gasteiger partial charge in [0, 0.05) is 31.7 Å². The Balaban J connectivity index is 2.23. The molecular weight excluding hydrogens is 246 g/mol. The Morgan fingerprint density at radius 1 is 1.20 bits per heavy atom. The molecule has 1 saturated heterocycles. The molecule has 0 spiro atoms. The minimum absolute atomic E-state index is 0.209. The van der Waals surface area contributed by atoms with Gasteiger partial charge in [-0.25, -0.2) is 0 Å². The van der Waals surface area contributed by atoms with Gasteiger partial charge in [-0.3, -0.25) is 4.90 Å². The van der Waals surface area contributed by atoms with Gasteiger partial charge in [-0.15, -0.1) is 0 Å². The highest BCUT2D eigenvalue weighted by Crippen LogP contribution is 2.26. The maximum atomic E-state index is 6.46. The van der Waals surface area contributed by atoms with Gasteiger partial charge in [-0.05, 0) is 38.9 Å². The van der Waals surface area contributed by atoms with Crippen LogP contribution >= 0.6 is 0 Å². The highest BCUT2D eigenvalue weighted by molar-refractivity contribution is 5.26. The van der Waals surface area contributed by atoms with Crippen LogP contribution in [0.25, 0.3) is 0 Å². The molecule has 2 N–H and O–H groups in total. The monoisotopic (exact) mass is 275 g/mol. The number of aryl methyl sites for hydroxylation is 1. The van der Waals surface area contributed by atoms with Gasteiger partial charge in [0.05, 0.1) is 0 Å². The maximum Gasteiger partial charge on any atom is 0.0499 e. The van der Waals surface area contributed by atoms with Crippen LogP contribution in [0.1, 0.15) is 36.9 Å². The third-order valence-electron chi connectivity index (χ3n) is 4.41. The van der Waals surface area contributed by atoms with Gasteiger partial charge >= 0.3 is 0 Å². The van der Waals surface area contributed by atoms with Crippen molar-refractivity contribution in [3.63, 3.8) is 0 Å². The highest BCUT2D eigenvalue weighted by atomic mass is 15.2. The van der Waals surface area contributed by atoms with E-state index in [9.17, 15) is 0 Å². The molecule has 2 atom stereocenters. The van der Waals surface area contributed by atoms with Gasteiger partial charge in [0.15, 0.2) is 0 Å². The average molecular weight is 275 g/mol. The van der Waals surface area contributed by atoms with E-state index in [0.717, 1.165) is 26.1 Å². The molecule has 1 aromatic rings. The summed E-state index contributed by atoms with van der Waals surface area (Å²) in [5.41, 5.74) is 9.16. The van der Waals surface area contributed by atoms with Crippen molar-refractivity contribution in [2.24, 2.45) is 5.73 Å². The summed E-state index contributed by atoms with van der Waals surface area (Å²) in [7, 11) is 2.21. The van der Waals surface area contributed by atoms with Crippen molar-refractivity contribution >= 4 is 0 Å². The van der Waals surface area contributed by atoms with Crippen LogP contribution in [0.2, 0.25) is 0 Å². The number of rotatable bonds is 4. The molecule has 3 heteroatoms. The van der Waals surface area contributed by atoms with Crippen LogP contribution in [0.4, 0.5) is 0 Å². The molecule has 1 aliphatic heterocycles. The number of nitrogens with two attached hydrogens (primary N) is 1. The first-order valence-electron chi connectivity index (χ1n) is 7.86. The van der Waals surface area contributed by atoms with Gasteiger partial charge < -0.3 is 10.6 Å². The smallest absolute Gasteiger partial charge is 0.0499 e. The Hall–Kier alpha value is -0.900. The van der Waals surface area contributed by atoms with E-state index in [-0.39, 0.29) is 6.04 Å². The summed E-state index contributed by atoms with van der Waals surface area (Å²) in [6.45, 7) is 8.95. The van der Waals surface area contributed by atoms with Crippen molar-refractivity contribution < 1.29 is 0 Å². The maximum absolute atomic E-state index is 6.46. The molecule has 0 radical (unpaired) electrons. The van der Waals surface area contributed by atoms with Crippen LogP contribution in [-0.2, 0) is 0 Å². The fraction of sp³-hybridized carbons (Fsp3) is 0.647. The van der Waals surface area contributed by atoms with Crippen LogP contribution in [0.15, 0.2) is 24.3 Å². The molecule has 0 saturated carbocycles. The molecule has 0 aromatic heterocycles. The lowest BCUT2D eigenvalue weighted by Crippen LogP contribution is -2.42. The molecule has 2 rings (SSSR count). The Morgan fingerprint density at radius 2 is 2.00 bits per heavy atom. The zero-order valence-corrected chi connectivity index (χ0v) is 13.2. The number of hydrogen-bond donors (Lipinski definition) is 1. The predicted molar refractivity (Wildman–Crippen MR) is 85.9 cm³/mol. The Kier molecular flexibility index (Phi) is 5.58. The number of nitrogens with zero attached hydrogens (tertiary/aromatic N) is 2. The molecule has 0 aliphatic carbocycles. The number of hydrogen-bond acceptors (Lipinski definition) is 3. The van der Waals surface area contributed by atoms with Crippen molar-refractivity contribution in [3.8, 4) is 0 Å². The van der Waals surface area contributed by atoms with Crippen molar-refractivity contribution in [1.82, 2.24) is 9.80 Å². The van der Waals surface area contributed by atoms with Gasteiger partial charge in [0.25, 0.3) is 0 Å². The summed E-state index contributed by atoms with van der Waals surface area (Å²) in [6, 6.07) is 9.42. The largest absolute Gasteiger partial charge is 0.326 e. The van der Waals surface area contributed by atoms with E-state index >= 15 is 0 Å². The first kappa shape index (κ1) is 15.5. The van der Waals surface area contributed by atoms with E-state index < -0.39 is 0 Å². The Morgan fingerprint density at radius 3 is 2.70 bits per heavy atom. The fourth-order valence-electron chi connectivity index (χ4n) is 3.15. The van der Waals surface area contributed by atoms with E-state index in [1.165, 1.54) is 24.1 Å². The van der Waals surface area contributed by atoms with Gasteiger partial charge in [0.2, 0.25) is 0 Å². The van der Waals surface area contributed by atoms with Crippen LogP contribution in [0.5, 0.6) is 0 Å². The lowest BCUT2D eigenvalue weighted by Gasteiger charge is -2.35. The molecular formula is C17H29N3. The summed E-state index contributed by atoms with van der Waals surface area (Å²) >= 11 is 0. The molecule has 1 fully saturated rings. The molecule has 1 heterocycles. The third-order valence-corrected chi connectivity index (χ3v) is 4.41. The van der Waals surface area contributed by atoms with Crippen LogP contribution < -0.4 is 5.73 Å². The van der Waals surface area contributed by atoms with Crippen LogP contribution in [0.3, 0.4) is 0 Å². The zero-order chi connectivity index (χ0) is 14.5. The molecule has 2 unspecified atom stereocenters. The molecule has 0 bridgehead atoms. The second kappa shape index (κ2) is 7.21. The summed E-state index contributed by atoms with van der Waals surface area (Å²) in [5.74, 6) is 0.